The van der Waals surface area contributed by atoms with Gasteiger partial charge in [-0.25, -0.2) is 4.79 Å². The van der Waals surface area contributed by atoms with Gasteiger partial charge in [0.15, 0.2) is 6.61 Å². The van der Waals surface area contributed by atoms with E-state index in [1.807, 2.05) is 13.8 Å². The van der Waals surface area contributed by atoms with Crippen LogP contribution in [0.3, 0.4) is 0 Å². The predicted octanol–water partition coefficient (Wildman–Crippen LogP) is 1.91. The van der Waals surface area contributed by atoms with Crippen molar-refractivity contribution < 1.29 is 19.2 Å². The molecule has 21 heavy (non-hydrogen) atoms. The molecule has 0 atom stereocenters. The molecule has 0 saturated heterocycles. The number of amides is 1. The lowest BCUT2D eigenvalue weighted by Crippen LogP contribution is -2.30. The zero-order valence-electron chi connectivity index (χ0n) is 12.0. The smallest absolute Gasteiger partial charge is 0.338 e. The average Bonchev–Trinajstić information content (AvgIpc) is 2.44. The van der Waals surface area contributed by atoms with Crippen LogP contribution in [0.1, 0.15) is 30.6 Å². The summed E-state index contributed by atoms with van der Waals surface area (Å²) in [7, 11) is 0. The molecule has 1 aromatic carbocycles. The van der Waals surface area contributed by atoms with Crippen LogP contribution in [0.2, 0.25) is 0 Å². The Bertz CT molecular complexity index is 528. The number of benzene rings is 1. The number of hydrogen-bond donors (Lipinski definition) is 1. The van der Waals surface area contributed by atoms with Crippen molar-refractivity contribution in [2.24, 2.45) is 5.92 Å². The van der Waals surface area contributed by atoms with Crippen molar-refractivity contribution in [1.82, 2.24) is 5.32 Å². The molecule has 0 radical (unpaired) electrons. The fourth-order valence-electron chi connectivity index (χ4n) is 1.51. The van der Waals surface area contributed by atoms with Crippen LogP contribution >= 0.6 is 0 Å². The van der Waals surface area contributed by atoms with Crippen molar-refractivity contribution >= 4 is 17.6 Å². The zero-order valence-corrected chi connectivity index (χ0v) is 12.0. The second-order valence-electron chi connectivity index (χ2n) is 4.92. The maximum Gasteiger partial charge on any atom is 0.338 e. The predicted molar refractivity (Wildman–Crippen MR) is 75.8 cm³/mol. The molecule has 1 N–H and O–H groups in total. The molecule has 0 aromatic heterocycles. The van der Waals surface area contributed by atoms with Gasteiger partial charge in [-0.3, -0.25) is 14.9 Å². The highest BCUT2D eigenvalue weighted by molar-refractivity contribution is 5.91. The fraction of sp³-hybridized carbons (Fsp3) is 0.429. The molecule has 7 nitrogen and oxygen atoms in total. The zero-order chi connectivity index (χ0) is 15.8. The molecule has 0 aliphatic carbocycles. The molecule has 0 aliphatic rings. The molecule has 7 heteroatoms. The Labute approximate surface area is 122 Å². The highest BCUT2D eigenvalue weighted by atomic mass is 16.6. The van der Waals surface area contributed by atoms with Gasteiger partial charge in [0, 0.05) is 18.7 Å². The molecule has 1 amide bonds. The largest absolute Gasteiger partial charge is 0.452 e. The molecule has 0 saturated carbocycles. The van der Waals surface area contributed by atoms with E-state index in [0.717, 1.165) is 12.5 Å². The SMILES string of the molecule is CC(C)CCNC(=O)COC(=O)c1cccc([N+](=O)[O-])c1. The Morgan fingerprint density at radius 2 is 2.10 bits per heavy atom. The third-order valence-electron chi connectivity index (χ3n) is 2.67. The molecule has 0 bridgehead atoms. The maximum absolute atomic E-state index is 11.7. The summed E-state index contributed by atoms with van der Waals surface area (Å²) in [6.45, 7) is 4.19. The van der Waals surface area contributed by atoms with Crippen LogP contribution in [0, 0.1) is 16.0 Å². The van der Waals surface area contributed by atoms with Gasteiger partial charge in [-0.1, -0.05) is 19.9 Å². The van der Waals surface area contributed by atoms with E-state index in [1.165, 1.54) is 18.2 Å². The highest BCUT2D eigenvalue weighted by Gasteiger charge is 2.14. The molecule has 0 spiro atoms. The number of ether oxygens (including phenoxy) is 1. The van der Waals surface area contributed by atoms with Crippen molar-refractivity contribution in [3.8, 4) is 0 Å². The molecule has 0 aliphatic heterocycles. The van der Waals surface area contributed by atoms with E-state index in [2.05, 4.69) is 5.32 Å². The Morgan fingerprint density at radius 1 is 1.38 bits per heavy atom. The lowest BCUT2D eigenvalue weighted by atomic mass is 10.1. The van der Waals surface area contributed by atoms with Crippen LogP contribution in [0.15, 0.2) is 24.3 Å². The van der Waals surface area contributed by atoms with Gasteiger partial charge in [-0.05, 0) is 18.4 Å². The van der Waals surface area contributed by atoms with Crippen molar-refractivity contribution in [3.63, 3.8) is 0 Å². The molecule has 1 aromatic rings. The van der Waals surface area contributed by atoms with E-state index in [-0.39, 0.29) is 11.3 Å². The summed E-state index contributed by atoms with van der Waals surface area (Å²) in [6.07, 6.45) is 0.838. The first-order valence-electron chi connectivity index (χ1n) is 6.58. The summed E-state index contributed by atoms with van der Waals surface area (Å²) in [5.41, 5.74) is -0.162. The lowest BCUT2D eigenvalue weighted by Gasteiger charge is -2.08. The van der Waals surface area contributed by atoms with Crippen LogP contribution in [-0.2, 0) is 9.53 Å². The molecular weight excluding hydrogens is 276 g/mol. The standard InChI is InChI=1S/C14H18N2O5/c1-10(2)6-7-15-13(17)9-21-14(18)11-4-3-5-12(8-11)16(19)20/h3-5,8,10H,6-7,9H2,1-2H3,(H,15,17). The van der Waals surface area contributed by atoms with Crippen LogP contribution in [0.4, 0.5) is 5.69 Å². The van der Waals surface area contributed by atoms with E-state index < -0.39 is 23.4 Å². The minimum absolute atomic E-state index is 0.0409. The van der Waals surface area contributed by atoms with Gasteiger partial charge in [0.1, 0.15) is 0 Å². The second-order valence-corrected chi connectivity index (χ2v) is 4.92. The quantitative estimate of drug-likeness (QED) is 0.470. The molecule has 1 rings (SSSR count). The maximum atomic E-state index is 11.7. The number of rotatable bonds is 7. The number of carbonyl (C=O) groups is 2. The number of nitrogens with zero attached hydrogens (tertiary/aromatic N) is 1. The van der Waals surface area contributed by atoms with Crippen molar-refractivity contribution in [2.45, 2.75) is 20.3 Å². The number of nitrogens with one attached hydrogen (secondary N) is 1. The first-order valence-corrected chi connectivity index (χ1v) is 6.58. The van der Waals surface area contributed by atoms with Gasteiger partial charge < -0.3 is 10.1 Å². The van der Waals surface area contributed by atoms with E-state index in [0.29, 0.717) is 12.5 Å². The summed E-state index contributed by atoms with van der Waals surface area (Å²) in [4.78, 5) is 33.1. The Hall–Kier alpha value is -2.44. The third-order valence-corrected chi connectivity index (χ3v) is 2.67. The molecule has 0 heterocycles. The summed E-state index contributed by atoms with van der Waals surface area (Å²) in [5.74, 6) is -0.690. The Morgan fingerprint density at radius 3 is 2.71 bits per heavy atom. The summed E-state index contributed by atoms with van der Waals surface area (Å²) < 4.78 is 4.81. The van der Waals surface area contributed by atoms with Gasteiger partial charge in [-0.2, -0.15) is 0 Å². The minimum Gasteiger partial charge on any atom is -0.452 e. The number of esters is 1. The molecule has 114 valence electrons. The highest BCUT2D eigenvalue weighted by Crippen LogP contribution is 2.13. The van der Waals surface area contributed by atoms with Gasteiger partial charge in [0.25, 0.3) is 11.6 Å². The number of carbonyl (C=O) groups excluding carboxylic acids is 2. The molecular formula is C14H18N2O5. The van der Waals surface area contributed by atoms with Gasteiger partial charge in [0.2, 0.25) is 0 Å². The first-order chi connectivity index (χ1) is 9.90. The Kier molecular flexibility index (Phi) is 6.32. The summed E-state index contributed by atoms with van der Waals surface area (Å²) in [5, 5.41) is 13.2. The third kappa shape index (κ3) is 6.03. The van der Waals surface area contributed by atoms with Gasteiger partial charge in [0.05, 0.1) is 10.5 Å². The van der Waals surface area contributed by atoms with Crippen LogP contribution in [0.25, 0.3) is 0 Å². The Balaban J connectivity index is 2.45. The minimum atomic E-state index is -0.766. The van der Waals surface area contributed by atoms with Gasteiger partial charge in [-0.15, -0.1) is 0 Å². The number of non-ortho nitro benzene ring substituents is 1. The number of hydrogen-bond acceptors (Lipinski definition) is 5. The van der Waals surface area contributed by atoms with Crippen molar-refractivity contribution in [2.75, 3.05) is 13.2 Å². The lowest BCUT2D eigenvalue weighted by molar-refractivity contribution is -0.384. The molecule has 0 unspecified atom stereocenters. The number of nitro benzene ring substituents is 1. The van der Waals surface area contributed by atoms with E-state index in [9.17, 15) is 19.7 Å². The van der Waals surface area contributed by atoms with E-state index in [4.69, 9.17) is 4.74 Å². The summed E-state index contributed by atoms with van der Waals surface area (Å²) >= 11 is 0. The van der Waals surface area contributed by atoms with Crippen molar-refractivity contribution in [3.05, 3.63) is 39.9 Å². The number of nitro groups is 1. The van der Waals surface area contributed by atoms with Crippen LogP contribution in [-0.4, -0.2) is 30.0 Å². The topological polar surface area (TPSA) is 98.5 Å². The van der Waals surface area contributed by atoms with E-state index >= 15 is 0 Å². The van der Waals surface area contributed by atoms with Gasteiger partial charge >= 0.3 is 5.97 Å². The fourth-order valence-corrected chi connectivity index (χ4v) is 1.51. The van der Waals surface area contributed by atoms with Crippen molar-refractivity contribution in [1.29, 1.82) is 0 Å². The molecule has 0 fully saturated rings. The van der Waals surface area contributed by atoms with E-state index in [1.54, 1.807) is 0 Å². The monoisotopic (exact) mass is 294 g/mol. The average molecular weight is 294 g/mol. The van der Waals surface area contributed by atoms with Crippen LogP contribution in [0.5, 0.6) is 0 Å². The normalized spacial score (nSPS) is 10.2. The first kappa shape index (κ1) is 16.6. The second kappa shape index (κ2) is 7.98. The summed E-state index contributed by atoms with van der Waals surface area (Å²) in [6, 6.07) is 5.16. The van der Waals surface area contributed by atoms with Crippen LogP contribution < -0.4 is 5.32 Å².